The Morgan fingerprint density at radius 3 is 2.50 bits per heavy atom. The van der Waals surface area contributed by atoms with E-state index in [0.29, 0.717) is 24.4 Å². The molecule has 2 aromatic rings. The number of cyclic esters (lactones) is 1. The van der Waals surface area contributed by atoms with Crippen molar-refractivity contribution in [2.75, 3.05) is 23.4 Å². The summed E-state index contributed by atoms with van der Waals surface area (Å²) in [5.74, 6) is -0.147. The van der Waals surface area contributed by atoms with Gasteiger partial charge in [-0.3, -0.25) is 9.69 Å². The highest BCUT2D eigenvalue weighted by atomic mass is 16.6. The molecule has 0 bridgehead atoms. The van der Waals surface area contributed by atoms with Crippen LogP contribution in [0.15, 0.2) is 48.5 Å². The molecule has 0 aromatic heterocycles. The number of hydrogen-bond donors (Lipinski definition) is 1. The highest BCUT2D eigenvalue weighted by Crippen LogP contribution is 2.21. The molecule has 0 aliphatic carbocycles. The van der Waals surface area contributed by atoms with Gasteiger partial charge in [0.15, 0.2) is 0 Å². The van der Waals surface area contributed by atoms with Crippen LogP contribution in [0.3, 0.4) is 0 Å². The first-order chi connectivity index (χ1) is 10.6. The minimum atomic E-state index is -0.336. The lowest BCUT2D eigenvalue weighted by atomic mass is 10.1. The van der Waals surface area contributed by atoms with Crippen molar-refractivity contribution in [2.24, 2.45) is 0 Å². The number of ether oxygens (including phenoxy) is 1. The van der Waals surface area contributed by atoms with Crippen molar-refractivity contribution in [3.63, 3.8) is 0 Å². The van der Waals surface area contributed by atoms with Gasteiger partial charge in [-0.1, -0.05) is 18.2 Å². The number of carbonyl (C=O) groups is 2. The van der Waals surface area contributed by atoms with Gasteiger partial charge in [0, 0.05) is 16.9 Å². The molecular weight excluding hydrogens is 280 g/mol. The zero-order valence-corrected chi connectivity index (χ0v) is 12.2. The van der Waals surface area contributed by atoms with Gasteiger partial charge >= 0.3 is 6.09 Å². The van der Waals surface area contributed by atoms with E-state index in [0.717, 1.165) is 11.3 Å². The van der Waals surface area contributed by atoms with Gasteiger partial charge in [-0.15, -0.1) is 0 Å². The summed E-state index contributed by atoms with van der Waals surface area (Å²) >= 11 is 0. The van der Waals surface area contributed by atoms with Crippen molar-refractivity contribution in [2.45, 2.75) is 6.92 Å². The van der Waals surface area contributed by atoms with E-state index in [-0.39, 0.29) is 12.0 Å². The first-order valence-corrected chi connectivity index (χ1v) is 7.06. The lowest BCUT2D eigenvalue weighted by molar-refractivity contribution is 0.102. The molecule has 0 saturated carbocycles. The van der Waals surface area contributed by atoms with Crippen LogP contribution in [0, 0.1) is 6.92 Å². The Balaban J connectivity index is 1.72. The Kier molecular flexibility index (Phi) is 3.78. The summed E-state index contributed by atoms with van der Waals surface area (Å²) in [7, 11) is 0. The number of aryl methyl sites for hydroxylation is 1. The number of anilines is 2. The smallest absolute Gasteiger partial charge is 0.414 e. The topological polar surface area (TPSA) is 58.6 Å². The molecule has 0 spiro atoms. The fraction of sp³-hybridized carbons (Fsp3) is 0.176. The van der Waals surface area contributed by atoms with Crippen LogP contribution in [0.5, 0.6) is 0 Å². The zero-order chi connectivity index (χ0) is 15.5. The van der Waals surface area contributed by atoms with Crippen molar-refractivity contribution < 1.29 is 14.3 Å². The molecular formula is C17H16N2O3. The van der Waals surface area contributed by atoms with Crippen LogP contribution in [0.4, 0.5) is 16.2 Å². The maximum atomic E-state index is 12.2. The minimum Gasteiger partial charge on any atom is -0.447 e. The molecule has 1 fully saturated rings. The molecule has 1 saturated heterocycles. The van der Waals surface area contributed by atoms with Crippen LogP contribution in [-0.4, -0.2) is 25.2 Å². The minimum absolute atomic E-state index is 0.147. The summed E-state index contributed by atoms with van der Waals surface area (Å²) < 4.78 is 4.90. The van der Waals surface area contributed by atoms with Gasteiger partial charge in [-0.25, -0.2) is 4.79 Å². The third-order valence-electron chi connectivity index (χ3n) is 3.59. The van der Waals surface area contributed by atoms with Gasteiger partial charge in [0.2, 0.25) is 0 Å². The fourth-order valence-corrected chi connectivity index (χ4v) is 2.38. The molecule has 0 unspecified atom stereocenters. The summed E-state index contributed by atoms with van der Waals surface area (Å²) in [5.41, 5.74) is 3.02. The van der Waals surface area contributed by atoms with E-state index < -0.39 is 0 Å². The first kappa shape index (κ1) is 14.1. The average molecular weight is 296 g/mol. The lowest BCUT2D eigenvalue weighted by Gasteiger charge is -2.13. The van der Waals surface area contributed by atoms with Crippen LogP contribution in [0.25, 0.3) is 0 Å². The zero-order valence-electron chi connectivity index (χ0n) is 12.2. The highest BCUT2D eigenvalue weighted by molar-refractivity contribution is 6.05. The second-order valence-electron chi connectivity index (χ2n) is 5.08. The molecule has 1 aliphatic heterocycles. The lowest BCUT2D eigenvalue weighted by Crippen LogP contribution is -2.23. The van der Waals surface area contributed by atoms with Crippen molar-refractivity contribution in [1.82, 2.24) is 0 Å². The van der Waals surface area contributed by atoms with Gasteiger partial charge < -0.3 is 10.1 Å². The van der Waals surface area contributed by atoms with Crippen molar-refractivity contribution in [3.8, 4) is 0 Å². The third kappa shape index (κ3) is 2.79. The Morgan fingerprint density at radius 2 is 1.86 bits per heavy atom. The molecule has 0 atom stereocenters. The van der Waals surface area contributed by atoms with Crippen LogP contribution in [0.1, 0.15) is 15.9 Å². The Morgan fingerprint density at radius 1 is 1.14 bits per heavy atom. The molecule has 112 valence electrons. The summed E-state index contributed by atoms with van der Waals surface area (Å²) in [6.07, 6.45) is -0.336. The number of benzene rings is 2. The molecule has 1 heterocycles. The third-order valence-corrected chi connectivity index (χ3v) is 3.59. The van der Waals surface area contributed by atoms with Crippen molar-refractivity contribution in [1.29, 1.82) is 0 Å². The van der Waals surface area contributed by atoms with Crippen LogP contribution in [-0.2, 0) is 4.74 Å². The van der Waals surface area contributed by atoms with Gasteiger partial charge in [-0.2, -0.15) is 0 Å². The summed E-state index contributed by atoms with van der Waals surface area (Å²) in [6, 6.07) is 14.6. The van der Waals surface area contributed by atoms with E-state index in [1.165, 1.54) is 0 Å². The predicted octanol–water partition coefficient (Wildman–Crippen LogP) is 3.20. The largest absolute Gasteiger partial charge is 0.447 e. The normalized spacial score (nSPS) is 13.9. The predicted molar refractivity (Wildman–Crippen MR) is 84.3 cm³/mol. The molecule has 1 N–H and O–H groups in total. The van der Waals surface area contributed by atoms with Crippen LogP contribution < -0.4 is 10.2 Å². The first-order valence-electron chi connectivity index (χ1n) is 7.06. The van der Waals surface area contributed by atoms with Crippen LogP contribution >= 0.6 is 0 Å². The molecule has 2 aromatic carbocycles. The SMILES string of the molecule is Cc1ccccc1C(=O)Nc1ccc(N2CCOC2=O)cc1. The molecule has 5 nitrogen and oxygen atoms in total. The number of carbonyl (C=O) groups excluding carboxylic acids is 2. The van der Waals surface area contributed by atoms with Crippen LogP contribution in [0.2, 0.25) is 0 Å². The van der Waals surface area contributed by atoms with E-state index in [1.807, 2.05) is 25.1 Å². The van der Waals surface area contributed by atoms with Gasteiger partial charge in [0.25, 0.3) is 5.91 Å². The highest BCUT2D eigenvalue weighted by Gasteiger charge is 2.23. The van der Waals surface area contributed by atoms with E-state index >= 15 is 0 Å². The van der Waals surface area contributed by atoms with Gasteiger partial charge in [0.1, 0.15) is 6.61 Å². The average Bonchev–Trinajstić information content (AvgIpc) is 2.94. The molecule has 2 amide bonds. The maximum Gasteiger partial charge on any atom is 0.414 e. The van der Waals surface area contributed by atoms with E-state index in [4.69, 9.17) is 4.74 Å². The van der Waals surface area contributed by atoms with Crippen molar-refractivity contribution in [3.05, 3.63) is 59.7 Å². The Labute approximate surface area is 128 Å². The summed E-state index contributed by atoms with van der Waals surface area (Å²) in [5, 5.41) is 2.85. The maximum absolute atomic E-state index is 12.2. The number of rotatable bonds is 3. The number of nitrogens with zero attached hydrogens (tertiary/aromatic N) is 1. The van der Waals surface area contributed by atoms with Gasteiger partial charge in [-0.05, 0) is 42.8 Å². The Hall–Kier alpha value is -2.82. The molecule has 5 heteroatoms. The molecule has 3 rings (SSSR count). The monoisotopic (exact) mass is 296 g/mol. The molecule has 22 heavy (non-hydrogen) atoms. The van der Waals surface area contributed by atoms with E-state index in [2.05, 4.69) is 5.32 Å². The van der Waals surface area contributed by atoms with Crippen molar-refractivity contribution >= 4 is 23.4 Å². The Bertz CT molecular complexity index is 710. The standard InChI is InChI=1S/C17H16N2O3/c1-12-4-2-3-5-15(12)16(20)18-13-6-8-14(9-7-13)19-10-11-22-17(19)21/h2-9H,10-11H2,1H3,(H,18,20). The molecule has 0 radical (unpaired) electrons. The quantitative estimate of drug-likeness (QED) is 0.946. The van der Waals surface area contributed by atoms with E-state index in [1.54, 1.807) is 35.2 Å². The number of amides is 2. The second kappa shape index (κ2) is 5.89. The second-order valence-corrected chi connectivity index (χ2v) is 5.08. The number of nitrogens with one attached hydrogen (secondary N) is 1. The summed E-state index contributed by atoms with van der Waals surface area (Å²) in [6.45, 7) is 2.86. The fourth-order valence-electron chi connectivity index (χ4n) is 2.38. The van der Waals surface area contributed by atoms with Gasteiger partial charge in [0.05, 0.1) is 6.54 Å². The number of hydrogen-bond acceptors (Lipinski definition) is 3. The molecule has 1 aliphatic rings. The van der Waals surface area contributed by atoms with E-state index in [9.17, 15) is 9.59 Å². The summed E-state index contributed by atoms with van der Waals surface area (Å²) in [4.78, 5) is 25.3.